The monoisotopic (exact) mass is 428 g/mol. The van der Waals surface area contributed by atoms with E-state index in [0.717, 1.165) is 11.5 Å². The highest BCUT2D eigenvalue weighted by Gasteiger charge is 2.27. The Morgan fingerprint density at radius 2 is 0.793 bits per heavy atom. The average molecular weight is 429 g/mol. The third-order valence-electron chi connectivity index (χ3n) is 6.82. The Balaban J connectivity index is 2.02. The van der Waals surface area contributed by atoms with Crippen molar-refractivity contribution >= 4 is 27.8 Å². The van der Waals surface area contributed by atoms with Crippen molar-refractivity contribution in [3.63, 3.8) is 0 Å². The van der Waals surface area contributed by atoms with Crippen molar-refractivity contribution in [3.05, 3.63) is 48.5 Å². The number of hydrogen-bond acceptors (Lipinski definition) is 3. The van der Waals surface area contributed by atoms with Crippen molar-refractivity contribution in [2.75, 3.05) is 9.96 Å². The summed E-state index contributed by atoms with van der Waals surface area (Å²) in [7, 11) is -2.76. The highest BCUT2D eigenvalue weighted by atomic mass is 28.3. The molecule has 2 aromatic rings. The predicted octanol–water partition coefficient (Wildman–Crippen LogP) is 8.31. The number of rotatable bonds is 12. The molecule has 2 aromatic carbocycles. The number of anilines is 2. The molecule has 0 saturated heterocycles. The Labute approximate surface area is 180 Å². The molecule has 3 nitrogen and oxygen atoms in total. The molecule has 2 N–H and O–H groups in total. The summed E-state index contributed by atoms with van der Waals surface area (Å²) in [5.74, 6) is 1.76. The Kier molecular flexibility index (Phi) is 8.84. The second-order valence-electron chi connectivity index (χ2n) is 8.08. The molecular formula is C24H40N2OSi2. The molecule has 0 bridgehead atoms. The maximum Gasteiger partial charge on any atom is 0.152 e. The Hall–Kier alpha value is -1.73. The Bertz CT molecular complexity index is 644. The summed E-state index contributed by atoms with van der Waals surface area (Å²) in [5.41, 5.74) is 2.43. The molecular weight excluding hydrogens is 388 g/mol. The van der Waals surface area contributed by atoms with Crippen LogP contribution in [0, 0.1) is 0 Å². The van der Waals surface area contributed by atoms with Gasteiger partial charge in [-0.3, -0.25) is 0 Å². The van der Waals surface area contributed by atoms with Gasteiger partial charge in [0.05, 0.1) is 0 Å². The van der Waals surface area contributed by atoms with E-state index in [-0.39, 0.29) is 0 Å². The smallest absolute Gasteiger partial charge is 0.152 e. The van der Waals surface area contributed by atoms with Gasteiger partial charge in [-0.15, -0.1) is 0 Å². The minimum Gasteiger partial charge on any atom is -0.457 e. The van der Waals surface area contributed by atoms with Crippen molar-refractivity contribution in [3.8, 4) is 11.5 Å². The van der Waals surface area contributed by atoms with Crippen LogP contribution in [0.1, 0.15) is 41.5 Å². The second kappa shape index (κ2) is 10.9. The second-order valence-corrected chi connectivity index (χ2v) is 17.9. The highest BCUT2D eigenvalue weighted by molar-refractivity contribution is 6.83. The van der Waals surface area contributed by atoms with Crippen LogP contribution < -0.4 is 14.7 Å². The van der Waals surface area contributed by atoms with Crippen LogP contribution in [-0.4, -0.2) is 16.5 Å². The fourth-order valence-electron chi connectivity index (χ4n) is 3.99. The molecule has 0 radical (unpaired) electrons. The number of benzene rings is 2. The van der Waals surface area contributed by atoms with Crippen LogP contribution in [0.15, 0.2) is 48.5 Å². The molecule has 0 atom stereocenters. The van der Waals surface area contributed by atoms with E-state index in [1.54, 1.807) is 0 Å². The average Bonchev–Trinajstić information content (AvgIpc) is 2.78. The van der Waals surface area contributed by atoms with E-state index >= 15 is 0 Å². The normalized spacial score (nSPS) is 11.9. The molecule has 160 valence electrons. The largest absolute Gasteiger partial charge is 0.457 e. The van der Waals surface area contributed by atoms with E-state index in [2.05, 4.69) is 100 Å². The minimum absolute atomic E-state index is 0.882. The van der Waals surface area contributed by atoms with Crippen LogP contribution in [-0.2, 0) is 0 Å². The van der Waals surface area contributed by atoms with Gasteiger partial charge in [-0.25, -0.2) is 0 Å². The van der Waals surface area contributed by atoms with Gasteiger partial charge in [-0.05, 0) is 84.8 Å². The Morgan fingerprint density at radius 1 is 0.517 bits per heavy atom. The van der Waals surface area contributed by atoms with E-state index in [0.29, 0.717) is 0 Å². The zero-order valence-electron chi connectivity index (χ0n) is 19.3. The number of nitrogens with one attached hydrogen (secondary N) is 2. The summed E-state index contributed by atoms with van der Waals surface area (Å²) < 4.78 is 6.07. The summed E-state index contributed by atoms with van der Waals surface area (Å²) in [4.78, 5) is 7.71. The summed E-state index contributed by atoms with van der Waals surface area (Å²) in [6.45, 7) is 13.9. The first kappa shape index (κ1) is 23.6. The maximum absolute atomic E-state index is 6.07. The van der Waals surface area contributed by atoms with Gasteiger partial charge in [-0.1, -0.05) is 41.5 Å². The SMILES string of the molecule is CC[Si](CC)(CC)Nc1ccc(Oc2ccc(N[Si](CC)(CC)CC)cc2)cc1. The van der Waals surface area contributed by atoms with Crippen LogP contribution in [0.25, 0.3) is 0 Å². The molecule has 2 rings (SSSR count). The van der Waals surface area contributed by atoms with Crippen molar-refractivity contribution < 1.29 is 4.74 Å². The fraction of sp³-hybridized carbons (Fsp3) is 0.500. The zero-order valence-corrected chi connectivity index (χ0v) is 21.3. The number of hydrogen-bond donors (Lipinski definition) is 2. The summed E-state index contributed by atoms with van der Waals surface area (Å²) in [6.07, 6.45) is 0. The summed E-state index contributed by atoms with van der Waals surface area (Å²) >= 11 is 0. The summed E-state index contributed by atoms with van der Waals surface area (Å²) in [5, 5.41) is 0. The molecule has 29 heavy (non-hydrogen) atoms. The van der Waals surface area contributed by atoms with Gasteiger partial charge in [0.15, 0.2) is 16.5 Å². The molecule has 0 aliphatic carbocycles. The molecule has 0 aliphatic heterocycles. The van der Waals surface area contributed by atoms with Gasteiger partial charge in [0.25, 0.3) is 0 Å². The van der Waals surface area contributed by atoms with E-state index in [1.165, 1.54) is 47.6 Å². The van der Waals surface area contributed by atoms with Crippen LogP contribution in [0.5, 0.6) is 11.5 Å². The van der Waals surface area contributed by atoms with Gasteiger partial charge in [0, 0.05) is 11.4 Å². The third kappa shape index (κ3) is 6.13. The predicted molar refractivity (Wildman–Crippen MR) is 135 cm³/mol. The quantitative estimate of drug-likeness (QED) is 0.333. The zero-order chi connectivity index (χ0) is 21.3. The minimum atomic E-state index is -1.38. The van der Waals surface area contributed by atoms with Gasteiger partial charge >= 0.3 is 0 Å². The lowest BCUT2D eigenvalue weighted by atomic mass is 10.3. The third-order valence-corrected chi connectivity index (χ3v) is 16.6. The molecule has 0 spiro atoms. The van der Waals surface area contributed by atoms with E-state index < -0.39 is 16.5 Å². The van der Waals surface area contributed by atoms with Gasteiger partial charge in [-0.2, -0.15) is 0 Å². The van der Waals surface area contributed by atoms with E-state index in [9.17, 15) is 0 Å². The number of ether oxygens (including phenoxy) is 1. The van der Waals surface area contributed by atoms with Crippen molar-refractivity contribution in [2.45, 2.75) is 77.8 Å². The fourth-order valence-corrected chi connectivity index (χ4v) is 9.61. The van der Waals surface area contributed by atoms with E-state index in [1.807, 2.05) is 0 Å². The van der Waals surface area contributed by atoms with Crippen LogP contribution in [0.4, 0.5) is 11.4 Å². The molecule has 5 heteroatoms. The topological polar surface area (TPSA) is 33.3 Å². The molecule has 0 heterocycles. The molecule has 0 aliphatic rings. The molecule has 0 fully saturated rings. The molecule has 0 aromatic heterocycles. The molecule has 0 saturated carbocycles. The first-order chi connectivity index (χ1) is 14.0. The van der Waals surface area contributed by atoms with Crippen molar-refractivity contribution in [1.82, 2.24) is 0 Å². The lowest BCUT2D eigenvalue weighted by Gasteiger charge is -2.30. The van der Waals surface area contributed by atoms with Crippen molar-refractivity contribution in [2.24, 2.45) is 0 Å². The maximum atomic E-state index is 6.07. The lowest BCUT2D eigenvalue weighted by molar-refractivity contribution is 0.483. The van der Waals surface area contributed by atoms with Crippen LogP contribution in [0.3, 0.4) is 0 Å². The summed E-state index contributed by atoms with van der Waals surface area (Å²) in [6, 6.07) is 24.4. The van der Waals surface area contributed by atoms with Crippen LogP contribution >= 0.6 is 0 Å². The first-order valence-electron chi connectivity index (χ1n) is 11.4. The molecule has 0 amide bonds. The van der Waals surface area contributed by atoms with Crippen LogP contribution in [0.2, 0.25) is 36.3 Å². The standard InChI is InChI=1S/C24H40N2OSi2/c1-7-28(8-2,9-3)25-21-13-17-23(18-14-21)27-24-19-15-22(16-20-24)26-29(10-4,11-5)12-6/h13-20,25-26H,7-12H2,1-6H3. The Morgan fingerprint density at radius 3 is 1.03 bits per heavy atom. The van der Waals surface area contributed by atoms with Gasteiger partial charge < -0.3 is 14.7 Å². The van der Waals surface area contributed by atoms with E-state index in [4.69, 9.17) is 4.74 Å². The molecule has 0 unspecified atom stereocenters. The highest BCUT2D eigenvalue weighted by Crippen LogP contribution is 2.29. The van der Waals surface area contributed by atoms with Crippen molar-refractivity contribution in [1.29, 1.82) is 0 Å². The van der Waals surface area contributed by atoms with Gasteiger partial charge in [0.2, 0.25) is 0 Å². The van der Waals surface area contributed by atoms with Gasteiger partial charge in [0.1, 0.15) is 11.5 Å². The first-order valence-corrected chi connectivity index (χ1v) is 16.7. The lowest BCUT2D eigenvalue weighted by Crippen LogP contribution is -2.41.